The fourth-order valence-corrected chi connectivity index (χ4v) is 2.21. The molecule has 19 heavy (non-hydrogen) atoms. The average Bonchev–Trinajstić information content (AvgIpc) is 2.42. The molecule has 3 heteroatoms. The third-order valence-electron chi connectivity index (χ3n) is 3.12. The summed E-state index contributed by atoms with van der Waals surface area (Å²) in [6.45, 7) is 6.94. The minimum atomic E-state index is 0.0975. The van der Waals surface area contributed by atoms with Crippen LogP contribution in [0.5, 0.6) is 0 Å². The highest BCUT2D eigenvalue weighted by atomic mass is 35.5. The van der Waals surface area contributed by atoms with E-state index in [0.717, 1.165) is 36.7 Å². The Labute approximate surface area is 122 Å². The molecule has 2 nitrogen and oxygen atoms in total. The predicted octanol–water partition coefficient (Wildman–Crippen LogP) is 4.59. The third-order valence-corrected chi connectivity index (χ3v) is 3.35. The van der Waals surface area contributed by atoms with Crippen molar-refractivity contribution in [2.24, 2.45) is 0 Å². The van der Waals surface area contributed by atoms with Crippen molar-refractivity contribution in [3.63, 3.8) is 0 Å². The van der Waals surface area contributed by atoms with E-state index in [0.29, 0.717) is 0 Å². The standard InChI is InChI=1S/C16H26ClNO/c1-3-5-6-7-11-19-16(13-18-4-2)14-9-8-10-15(17)12-14/h8-10,12,16,18H,3-7,11,13H2,1-2H3. The molecule has 1 atom stereocenters. The molecular weight excluding hydrogens is 258 g/mol. The molecule has 0 aliphatic carbocycles. The maximum Gasteiger partial charge on any atom is 0.0949 e. The van der Waals surface area contributed by atoms with Crippen molar-refractivity contribution in [2.45, 2.75) is 45.6 Å². The zero-order valence-corrected chi connectivity index (χ0v) is 12.9. The first-order valence-electron chi connectivity index (χ1n) is 7.35. The zero-order valence-electron chi connectivity index (χ0n) is 12.1. The van der Waals surface area contributed by atoms with E-state index >= 15 is 0 Å². The highest BCUT2D eigenvalue weighted by molar-refractivity contribution is 6.30. The van der Waals surface area contributed by atoms with E-state index in [4.69, 9.17) is 16.3 Å². The van der Waals surface area contributed by atoms with Gasteiger partial charge < -0.3 is 10.1 Å². The van der Waals surface area contributed by atoms with Gasteiger partial charge in [-0.25, -0.2) is 0 Å². The number of nitrogens with one attached hydrogen (secondary N) is 1. The number of ether oxygens (including phenoxy) is 1. The van der Waals surface area contributed by atoms with Gasteiger partial charge >= 0.3 is 0 Å². The molecule has 0 bridgehead atoms. The van der Waals surface area contributed by atoms with Gasteiger partial charge in [-0.3, -0.25) is 0 Å². The van der Waals surface area contributed by atoms with Gasteiger partial charge in [0.15, 0.2) is 0 Å². The van der Waals surface area contributed by atoms with Gasteiger partial charge in [0.2, 0.25) is 0 Å². The minimum absolute atomic E-state index is 0.0975. The number of benzene rings is 1. The SMILES string of the molecule is CCCCCCOC(CNCC)c1cccc(Cl)c1. The summed E-state index contributed by atoms with van der Waals surface area (Å²) in [5.41, 5.74) is 1.16. The fraction of sp³-hybridized carbons (Fsp3) is 0.625. The van der Waals surface area contributed by atoms with Crippen molar-refractivity contribution in [1.29, 1.82) is 0 Å². The first-order chi connectivity index (χ1) is 9.27. The van der Waals surface area contributed by atoms with Crippen molar-refractivity contribution >= 4 is 11.6 Å². The number of hydrogen-bond donors (Lipinski definition) is 1. The lowest BCUT2D eigenvalue weighted by Crippen LogP contribution is -2.23. The smallest absolute Gasteiger partial charge is 0.0949 e. The highest BCUT2D eigenvalue weighted by Crippen LogP contribution is 2.21. The number of rotatable bonds is 10. The van der Waals surface area contributed by atoms with Crippen LogP contribution in [-0.4, -0.2) is 19.7 Å². The van der Waals surface area contributed by atoms with Gasteiger partial charge in [-0.15, -0.1) is 0 Å². The summed E-state index contributed by atoms with van der Waals surface area (Å²) in [4.78, 5) is 0. The van der Waals surface area contributed by atoms with Crippen LogP contribution in [0.3, 0.4) is 0 Å². The number of hydrogen-bond acceptors (Lipinski definition) is 2. The van der Waals surface area contributed by atoms with Gasteiger partial charge in [0.25, 0.3) is 0 Å². The van der Waals surface area contributed by atoms with Crippen molar-refractivity contribution in [2.75, 3.05) is 19.7 Å². The van der Waals surface area contributed by atoms with Crippen LogP contribution in [0.4, 0.5) is 0 Å². The molecule has 1 aromatic carbocycles. The molecule has 0 aliphatic rings. The highest BCUT2D eigenvalue weighted by Gasteiger charge is 2.11. The van der Waals surface area contributed by atoms with E-state index in [-0.39, 0.29) is 6.10 Å². The van der Waals surface area contributed by atoms with Gasteiger partial charge in [0.05, 0.1) is 6.10 Å². The van der Waals surface area contributed by atoms with E-state index < -0.39 is 0 Å². The molecule has 1 rings (SSSR count). The van der Waals surface area contributed by atoms with Crippen LogP contribution in [0.25, 0.3) is 0 Å². The molecule has 0 spiro atoms. The molecule has 1 unspecified atom stereocenters. The van der Waals surface area contributed by atoms with Crippen LogP contribution in [0.2, 0.25) is 5.02 Å². The molecule has 0 fully saturated rings. The fourth-order valence-electron chi connectivity index (χ4n) is 2.01. The topological polar surface area (TPSA) is 21.3 Å². The van der Waals surface area contributed by atoms with Crippen molar-refractivity contribution in [1.82, 2.24) is 5.32 Å². The van der Waals surface area contributed by atoms with Crippen molar-refractivity contribution in [3.05, 3.63) is 34.9 Å². The summed E-state index contributed by atoms with van der Waals surface area (Å²) >= 11 is 6.05. The summed E-state index contributed by atoms with van der Waals surface area (Å²) in [6.07, 6.45) is 5.03. The lowest BCUT2D eigenvalue weighted by Gasteiger charge is -2.19. The van der Waals surface area contributed by atoms with Gasteiger partial charge in [-0.2, -0.15) is 0 Å². The molecule has 0 aromatic heterocycles. The lowest BCUT2D eigenvalue weighted by atomic mass is 10.1. The first-order valence-corrected chi connectivity index (χ1v) is 7.73. The quantitative estimate of drug-likeness (QED) is 0.634. The predicted molar refractivity (Wildman–Crippen MR) is 82.8 cm³/mol. The Morgan fingerprint density at radius 1 is 1.21 bits per heavy atom. The van der Waals surface area contributed by atoms with E-state index in [9.17, 15) is 0 Å². The second kappa shape index (κ2) is 10.2. The van der Waals surface area contributed by atoms with Crippen molar-refractivity contribution < 1.29 is 4.74 Å². The molecular formula is C16H26ClNO. The molecule has 0 aliphatic heterocycles. The Kier molecular flexibility index (Phi) is 8.89. The summed E-state index contributed by atoms with van der Waals surface area (Å²) in [7, 11) is 0. The summed E-state index contributed by atoms with van der Waals surface area (Å²) in [6, 6.07) is 7.96. The van der Waals surface area contributed by atoms with Crippen LogP contribution in [-0.2, 0) is 4.74 Å². The van der Waals surface area contributed by atoms with E-state index in [1.165, 1.54) is 19.3 Å². The Bertz CT molecular complexity index is 343. The molecule has 0 radical (unpaired) electrons. The van der Waals surface area contributed by atoms with Gasteiger partial charge in [-0.1, -0.05) is 56.8 Å². The Hall–Kier alpha value is -0.570. The normalized spacial score (nSPS) is 12.6. The molecule has 108 valence electrons. The lowest BCUT2D eigenvalue weighted by molar-refractivity contribution is 0.0502. The summed E-state index contributed by atoms with van der Waals surface area (Å²) < 4.78 is 6.01. The number of unbranched alkanes of at least 4 members (excludes halogenated alkanes) is 3. The second-order valence-corrected chi connectivity index (χ2v) is 5.22. The number of halogens is 1. The monoisotopic (exact) mass is 283 g/mol. The maximum atomic E-state index is 6.05. The minimum Gasteiger partial charge on any atom is -0.372 e. The molecule has 0 saturated heterocycles. The zero-order chi connectivity index (χ0) is 13.9. The van der Waals surface area contributed by atoms with Crippen LogP contribution in [0.1, 0.15) is 51.2 Å². The molecule has 0 saturated carbocycles. The van der Waals surface area contributed by atoms with Gasteiger partial charge in [0.1, 0.15) is 0 Å². The van der Waals surface area contributed by atoms with Gasteiger partial charge in [-0.05, 0) is 30.7 Å². The van der Waals surface area contributed by atoms with Crippen LogP contribution in [0, 0.1) is 0 Å². The van der Waals surface area contributed by atoms with Crippen LogP contribution in [0.15, 0.2) is 24.3 Å². The molecule has 1 aromatic rings. The van der Waals surface area contributed by atoms with Crippen LogP contribution >= 0.6 is 11.6 Å². The average molecular weight is 284 g/mol. The molecule has 1 N–H and O–H groups in total. The van der Waals surface area contributed by atoms with Gasteiger partial charge in [0, 0.05) is 18.2 Å². The van der Waals surface area contributed by atoms with E-state index in [1.807, 2.05) is 18.2 Å². The summed E-state index contributed by atoms with van der Waals surface area (Å²) in [5, 5.41) is 4.12. The maximum absolute atomic E-state index is 6.05. The Morgan fingerprint density at radius 2 is 2.05 bits per heavy atom. The second-order valence-electron chi connectivity index (χ2n) is 4.78. The first kappa shape index (κ1) is 16.5. The molecule has 0 amide bonds. The largest absolute Gasteiger partial charge is 0.372 e. The molecule has 0 heterocycles. The van der Waals surface area contributed by atoms with Crippen molar-refractivity contribution in [3.8, 4) is 0 Å². The Morgan fingerprint density at radius 3 is 2.74 bits per heavy atom. The van der Waals surface area contributed by atoms with E-state index in [2.05, 4.69) is 25.2 Å². The third kappa shape index (κ3) is 6.95. The number of likely N-dealkylation sites (N-methyl/N-ethyl adjacent to an activating group) is 1. The van der Waals surface area contributed by atoms with Crippen LogP contribution < -0.4 is 5.32 Å². The van der Waals surface area contributed by atoms with E-state index in [1.54, 1.807) is 0 Å². The Balaban J connectivity index is 2.47. The summed E-state index contributed by atoms with van der Waals surface area (Å²) in [5.74, 6) is 0.